The van der Waals surface area contributed by atoms with Crippen molar-refractivity contribution in [3.63, 3.8) is 0 Å². The standard InChI is InChI=1S/C17H16F3N5/c18-17(19,20)12-7-3-1-5-10(12)14(22)9-15(23)25-16(24)11-6-2-4-8-13(11)21/h1-9H,21-22H2,(H3,23,24,25). The molecule has 0 heterocycles. The normalized spacial score (nSPS) is 12.9. The van der Waals surface area contributed by atoms with Gasteiger partial charge in [0.25, 0.3) is 0 Å². The summed E-state index contributed by atoms with van der Waals surface area (Å²) in [7, 11) is 0. The average molecular weight is 347 g/mol. The van der Waals surface area contributed by atoms with E-state index in [-0.39, 0.29) is 22.9 Å². The summed E-state index contributed by atoms with van der Waals surface area (Å²) in [4.78, 5) is 3.83. The van der Waals surface area contributed by atoms with Gasteiger partial charge >= 0.3 is 6.18 Å². The summed E-state index contributed by atoms with van der Waals surface area (Å²) in [5.74, 6) is -0.425. The van der Waals surface area contributed by atoms with Crippen LogP contribution in [0, 0.1) is 5.41 Å². The molecule has 7 N–H and O–H groups in total. The second-order valence-electron chi connectivity index (χ2n) is 5.12. The molecular formula is C17H16F3N5. The summed E-state index contributed by atoms with van der Waals surface area (Å²) in [6.45, 7) is 0. The number of nitrogen functional groups attached to an aromatic ring is 1. The van der Waals surface area contributed by atoms with Crippen LogP contribution in [0.25, 0.3) is 5.70 Å². The summed E-state index contributed by atoms with van der Waals surface area (Å²) in [6, 6.07) is 11.4. The molecule has 0 aliphatic carbocycles. The number of halogens is 3. The van der Waals surface area contributed by atoms with Crippen molar-refractivity contribution < 1.29 is 13.2 Å². The molecule has 0 unspecified atom stereocenters. The van der Waals surface area contributed by atoms with Crippen molar-refractivity contribution >= 4 is 23.1 Å². The van der Waals surface area contributed by atoms with Crippen LogP contribution in [-0.4, -0.2) is 11.7 Å². The fourth-order valence-corrected chi connectivity index (χ4v) is 2.15. The molecule has 0 radical (unpaired) electrons. The third-order valence-electron chi connectivity index (χ3n) is 3.30. The van der Waals surface area contributed by atoms with Gasteiger partial charge in [0.2, 0.25) is 0 Å². The number of nitrogens with two attached hydrogens (primary N) is 3. The van der Waals surface area contributed by atoms with E-state index in [0.717, 1.165) is 12.1 Å². The molecule has 0 amide bonds. The van der Waals surface area contributed by atoms with Gasteiger partial charge in [0, 0.05) is 28.6 Å². The van der Waals surface area contributed by atoms with Crippen LogP contribution in [0.3, 0.4) is 0 Å². The number of aliphatic imine (C=N–C) groups is 1. The highest BCUT2D eigenvalue weighted by Crippen LogP contribution is 2.33. The Hall–Kier alpha value is -3.29. The zero-order valence-corrected chi connectivity index (χ0v) is 13.0. The van der Waals surface area contributed by atoms with Gasteiger partial charge in [0.1, 0.15) is 5.84 Å². The van der Waals surface area contributed by atoms with Crippen LogP contribution in [-0.2, 0) is 6.18 Å². The second-order valence-corrected chi connectivity index (χ2v) is 5.12. The Bertz CT molecular complexity index is 853. The Morgan fingerprint density at radius 3 is 2.12 bits per heavy atom. The van der Waals surface area contributed by atoms with Gasteiger partial charge in [-0.15, -0.1) is 0 Å². The summed E-state index contributed by atoms with van der Waals surface area (Å²) < 4.78 is 39.1. The Morgan fingerprint density at radius 1 is 0.960 bits per heavy atom. The van der Waals surface area contributed by atoms with E-state index in [2.05, 4.69) is 4.99 Å². The Balaban J connectivity index is 2.34. The van der Waals surface area contributed by atoms with E-state index in [1.54, 1.807) is 24.3 Å². The maximum atomic E-state index is 13.0. The van der Waals surface area contributed by atoms with Crippen molar-refractivity contribution in [3.05, 3.63) is 71.3 Å². The maximum Gasteiger partial charge on any atom is 0.417 e. The first-order chi connectivity index (χ1) is 11.7. The number of anilines is 1. The van der Waals surface area contributed by atoms with Gasteiger partial charge in [-0.25, -0.2) is 4.99 Å². The van der Waals surface area contributed by atoms with Crippen LogP contribution < -0.4 is 17.2 Å². The molecule has 0 aliphatic rings. The van der Waals surface area contributed by atoms with E-state index in [1.807, 2.05) is 0 Å². The van der Waals surface area contributed by atoms with E-state index < -0.39 is 11.7 Å². The van der Waals surface area contributed by atoms with Crippen LogP contribution in [0.1, 0.15) is 16.7 Å². The Kier molecular flexibility index (Phi) is 5.11. The van der Waals surface area contributed by atoms with Crippen LogP contribution >= 0.6 is 0 Å². The SMILES string of the molecule is N=C(N=C(N)C=C(N)c1ccccc1C(F)(F)F)c1ccccc1N. The van der Waals surface area contributed by atoms with E-state index in [9.17, 15) is 13.2 Å². The van der Waals surface area contributed by atoms with E-state index >= 15 is 0 Å². The lowest BCUT2D eigenvalue weighted by Gasteiger charge is -2.12. The van der Waals surface area contributed by atoms with Crippen LogP contribution in [0.15, 0.2) is 59.6 Å². The number of nitrogens with one attached hydrogen (secondary N) is 1. The predicted octanol–water partition coefficient (Wildman–Crippen LogP) is 2.97. The number of benzene rings is 2. The van der Waals surface area contributed by atoms with Gasteiger partial charge in [-0.1, -0.05) is 30.3 Å². The van der Waals surface area contributed by atoms with E-state index in [0.29, 0.717) is 11.3 Å². The van der Waals surface area contributed by atoms with Crippen molar-refractivity contribution in [1.29, 1.82) is 5.41 Å². The lowest BCUT2D eigenvalue weighted by Crippen LogP contribution is -2.16. The number of para-hydroxylation sites is 1. The van der Waals surface area contributed by atoms with Crippen molar-refractivity contribution in [2.45, 2.75) is 6.18 Å². The minimum Gasteiger partial charge on any atom is -0.398 e. The molecule has 0 saturated carbocycles. The zero-order valence-electron chi connectivity index (χ0n) is 13.0. The first kappa shape index (κ1) is 18.1. The third-order valence-corrected chi connectivity index (χ3v) is 3.30. The average Bonchev–Trinajstić information content (AvgIpc) is 2.54. The van der Waals surface area contributed by atoms with E-state index in [1.165, 1.54) is 18.2 Å². The number of rotatable bonds is 3. The molecular weight excluding hydrogens is 331 g/mol. The molecule has 5 nitrogen and oxygen atoms in total. The molecule has 2 rings (SSSR count). The molecule has 0 aliphatic heterocycles. The topological polar surface area (TPSA) is 114 Å². The molecule has 2 aromatic carbocycles. The first-order valence-corrected chi connectivity index (χ1v) is 7.11. The summed E-state index contributed by atoms with van der Waals surface area (Å²) >= 11 is 0. The number of hydrogen-bond acceptors (Lipinski definition) is 3. The van der Waals surface area contributed by atoms with Crippen LogP contribution in [0.4, 0.5) is 18.9 Å². The lowest BCUT2D eigenvalue weighted by molar-refractivity contribution is -0.137. The predicted molar refractivity (Wildman–Crippen MR) is 92.9 cm³/mol. The van der Waals surface area contributed by atoms with Crippen LogP contribution in [0.2, 0.25) is 0 Å². The van der Waals surface area contributed by atoms with E-state index in [4.69, 9.17) is 22.6 Å². The molecule has 0 fully saturated rings. The minimum atomic E-state index is -4.55. The summed E-state index contributed by atoms with van der Waals surface area (Å²) in [5.41, 5.74) is 16.6. The van der Waals surface area contributed by atoms with Gasteiger partial charge in [0.15, 0.2) is 5.84 Å². The minimum absolute atomic E-state index is 0.206. The molecule has 2 aromatic rings. The highest BCUT2D eigenvalue weighted by atomic mass is 19.4. The highest BCUT2D eigenvalue weighted by molar-refractivity contribution is 6.11. The van der Waals surface area contributed by atoms with Crippen LogP contribution in [0.5, 0.6) is 0 Å². The lowest BCUT2D eigenvalue weighted by atomic mass is 10.0. The summed E-state index contributed by atoms with van der Waals surface area (Å²) in [6.07, 6.45) is -3.47. The third kappa shape index (κ3) is 4.37. The van der Waals surface area contributed by atoms with Gasteiger partial charge in [-0.3, -0.25) is 5.41 Å². The Morgan fingerprint density at radius 2 is 1.52 bits per heavy atom. The number of alkyl halides is 3. The molecule has 0 bridgehead atoms. The molecule has 0 spiro atoms. The maximum absolute atomic E-state index is 13.0. The highest BCUT2D eigenvalue weighted by Gasteiger charge is 2.33. The zero-order chi connectivity index (χ0) is 18.6. The van der Waals surface area contributed by atoms with Crippen molar-refractivity contribution in [3.8, 4) is 0 Å². The molecule has 25 heavy (non-hydrogen) atoms. The fourth-order valence-electron chi connectivity index (χ4n) is 2.15. The Labute approximate surface area is 142 Å². The molecule has 0 aromatic heterocycles. The fraction of sp³-hybridized carbons (Fsp3) is 0.0588. The van der Waals surface area contributed by atoms with Crippen molar-refractivity contribution in [1.82, 2.24) is 0 Å². The van der Waals surface area contributed by atoms with Gasteiger partial charge in [0.05, 0.1) is 5.56 Å². The van der Waals surface area contributed by atoms with Crippen molar-refractivity contribution in [2.24, 2.45) is 16.5 Å². The first-order valence-electron chi connectivity index (χ1n) is 7.11. The number of amidine groups is 2. The van der Waals surface area contributed by atoms with Crippen molar-refractivity contribution in [2.75, 3.05) is 5.73 Å². The number of nitrogens with zero attached hydrogens (tertiary/aromatic N) is 1. The van der Waals surface area contributed by atoms with Gasteiger partial charge in [-0.05, 0) is 18.2 Å². The second kappa shape index (κ2) is 7.08. The quantitative estimate of drug-likeness (QED) is 0.389. The molecule has 130 valence electrons. The molecule has 0 atom stereocenters. The van der Waals surface area contributed by atoms with Gasteiger partial charge in [-0.2, -0.15) is 13.2 Å². The molecule has 0 saturated heterocycles. The summed E-state index contributed by atoms with van der Waals surface area (Å²) in [5, 5.41) is 7.89. The smallest absolute Gasteiger partial charge is 0.398 e. The largest absolute Gasteiger partial charge is 0.417 e. The van der Waals surface area contributed by atoms with Gasteiger partial charge < -0.3 is 17.2 Å². The number of hydrogen-bond donors (Lipinski definition) is 4. The molecule has 8 heteroatoms. The monoisotopic (exact) mass is 347 g/mol.